The van der Waals surface area contributed by atoms with Gasteiger partial charge in [-0.05, 0) is 155 Å². The zero-order chi connectivity index (χ0) is 58.9. The van der Waals surface area contributed by atoms with Crippen molar-refractivity contribution in [3.05, 3.63) is 140 Å². The van der Waals surface area contributed by atoms with E-state index in [0.29, 0.717) is 92.0 Å². The molecule has 4 aromatic carbocycles. The zero-order valence-electron chi connectivity index (χ0n) is 46.5. The van der Waals surface area contributed by atoms with E-state index in [0.717, 1.165) is 4.90 Å². The number of thiocarbonyl (C=S) groups is 2. The van der Waals surface area contributed by atoms with Crippen molar-refractivity contribution in [1.29, 1.82) is 0 Å². The van der Waals surface area contributed by atoms with Gasteiger partial charge < -0.3 is 29.5 Å². The molecule has 79 heavy (non-hydrogen) atoms. The number of anilines is 3. The van der Waals surface area contributed by atoms with Crippen LogP contribution in [0.25, 0.3) is 14.5 Å². The van der Waals surface area contributed by atoms with Crippen molar-refractivity contribution < 1.29 is 41.5 Å². The Bertz CT molecular complexity index is 3170. The number of aliphatic hydroxyl groups excluding tert-OH is 1. The fourth-order valence-corrected chi connectivity index (χ4v) is 10.5. The quantitative estimate of drug-likeness (QED) is 0.0393. The van der Waals surface area contributed by atoms with E-state index in [9.17, 15) is 28.3 Å². The van der Waals surface area contributed by atoms with E-state index >= 15 is 8.78 Å². The van der Waals surface area contributed by atoms with Crippen LogP contribution in [0.1, 0.15) is 96.4 Å². The molecule has 14 nitrogen and oxygen atoms in total. The third-order valence-corrected chi connectivity index (χ3v) is 19.4. The van der Waals surface area contributed by atoms with Crippen LogP contribution in [0.4, 0.5) is 51.7 Å². The standard InChI is InChI=1S/C26H26F2N4O3S.C23H36FN3O2Si.C9H5FN2S/c1-15-20(29-4)10-11-21(23(15)28)31-24(35)26(2,3)32(25(31)36)17-9-8-16(19(27)12-17)6-5-7-22(34)30-13-18(33)14-30;1-22(2,3)30(7,8)29-19-15-27(16-19)21(28)11-9-10-17-12-13-18(14-20(17)24)26-23(4,5)25-6;1-6-7(11-2)3-4-8(9(6)10)12-5-13/h8-12,18,33H,5-7,13-14H2,1-3H3;12-14,19,26H,9-11,15-16H2,1-5,7-8H3;3-4H,1H3. The van der Waals surface area contributed by atoms with Crippen LogP contribution >= 0.6 is 24.4 Å². The molecule has 3 aliphatic heterocycles. The van der Waals surface area contributed by atoms with Crippen LogP contribution in [0.15, 0.2) is 65.7 Å². The smallest absolute Gasteiger partial charge is 0.299 e. The van der Waals surface area contributed by atoms with Crippen LogP contribution in [0, 0.1) is 56.8 Å². The molecule has 418 valence electrons. The number of aliphatic imine (C=N–C) groups is 1. The van der Waals surface area contributed by atoms with Gasteiger partial charge in [0, 0.05) is 64.2 Å². The average molecular weight is 1140 g/mol. The second kappa shape index (κ2) is 25.9. The van der Waals surface area contributed by atoms with Crippen molar-refractivity contribution in [3.8, 4) is 0 Å². The number of aliphatic hydroxyl groups is 1. The van der Waals surface area contributed by atoms with E-state index in [1.165, 1.54) is 55.1 Å². The Hall–Kier alpha value is -6.89. The highest BCUT2D eigenvalue weighted by molar-refractivity contribution is 7.81. The molecule has 3 amide bonds. The van der Waals surface area contributed by atoms with Crippen molar-refractivity contribution >= 4 is 94.9 Å². The number of isothiocyanates is 1. The van der Waals surface area contributed by atoms with Gasteiger partial charge in [0.25, 0.3) is 11.6 Å². The molecular weight excluding hydrogens is 1070 g/mol. The van der Waals surface area contributed by atoms with Gasteiger partial charge in [0.1, 0.15) is 34.5 Å². The minimum absolute atomic E-state index is 0.00773. The fourth-order valence-electron chi connectivity index (χ4n) is 8.54. The minimum atomic E-state index is -1.80. The Kier molecular flexibility index (Phi) is 20.7. The lowest BCUT2D eigenvalue weighted by atomic mass is 10.0. The maximum Gasteiger partial charge on any atom is 0.299 e. The minimum Gasteiger partial charge on any atom is -0.410 e. The summed E-state index contributed by atoms with van der Waals surface area (Å²) in [5, 5.41) is 14.6. The van der Waals surface area contributed by atoms with Crippen LogP contribution < -0.4 is 15.1 Å². The summed E-state index contributed by atoms with van der Waals surface area (Å²) >= 11 is 9.92. The molecule has 0 spiro atoms. The number of rotatable bonds is 15. The van der Waals surface area contributed by atoms with Crippen molar-refractivity contribution in [2.45, 2.75) is 142 Å². The highest BCUT2D eigenvalue weighted by atomic mass is 32.1. The molecule has 0 unspecified atom stereocenters. The van der Waals surface area contributed by atoms with Gasteiger partial charge in [-0.15, -0.1) is 0 Å². The molecule has 0 aliphatic carbocycles. The molecule has 2 N–H and O–H groups in total. The third kappa shape index (κ3) is 15.1. The lowest BCUT2D eigenvalue weighted by Gasteiger charge is -2.46. The number of carbonyl (C=O) groups excluding carboxylic acids is 3. The number of hydrogen-bond acceptors (Lipinski definition) is 9. The first kappa shape index (κ1) is 62.9. The van der Waals surface area contributed by atoms with Gasteiger partial charge in [0.15, 0.2) is 24.8 Å². The van der Waals surface area contributed by atoms with E-state index in [1.807, 2.05) is 4.90 Å². The second-order valence-corrected chi connectivity index (χ2v) is 27.5. The molecule has 7 rings (SSSR count). The summed E-state index contributed by atoms with van der Waals surface area (Å²) in [5.74, 6) is -2.44. The molecule has 3 aliphatic rings. The lowest BCUT2D eigenvalue weighted by molar-refractivity contribution is -0.141. The first-order valence-corrected chi connectivity index (χ1v) is 29.4. The van der Waals surface area contributed by atoms with Crippen molar-refractivity contribution in [3.63, 3.8) is 0 Å². The number of halogens is 4. The van der Waals surface area contributed by atoms with Crippen molar-refractivity contribution in [1.82, 2.24) is 9.80 Å². The summed E-state index contributed by atoms with van der Waals surface area (Å²) in [5.41, 5.74) is 0.894. The predicted octanol–water partition coefficient (Wildman–Crippen LogP) is 13.1. The highest BCUT2D eigenvalue weighted by Gasteiger charge is 2.51. The van der Waals surface area contributed by atoms with Crippen molar-refractivity contribution in [2.24, 2.45) is 4.99 Å². The topological polar surface area (TPSA) is 131 Å². The van der Waals surface area contributed by atoms with Gasteiger partial charge in [-0.2, -0.15) is 4.99 Å². The number of nitrogens with zero attached hydrogens (tertiary/aromatic N) is 8. The molecule has 3 fully saturated rings. The summed E-state index contributed by atoms with van der Waals surface area (Å²) in [7, 11) is -1.80. The van der Waals surface area contributed by atoms with Gasteiger partial charge in [-0.3, -0.25) is 24.1 Å². The second-order valence-electron chi connectivity index (χ2n) is 22.2. The summed E-state index contributed by atoms with van der Waals surface area (Å²) < 4.78 is 64.1. The van der Waals surface area contributed by atoms with Crippen LogP contribution in [0.2, 0.25) is 18.1 Å². The summed E-state index contributed by atoms with van der Waals surface area (Å²) in [6, 6.07) is 15.2. The SMILES string of the molecule is [C-]#[N+]C(C)(C)Nc1ccc(CCCC(=O)N2CC(O[Si](C)(C)C(C)(C)C)C2)c(F)c1.[C-]#[N+]c1ccc(N2C(=O)C(C)(C)N(c3ccc(CCCC(=O)N4CC(O)C4)c(F)c3)C2=S)c(F)c1C.[C-]#[N+]c1ccc(N=C=S)c(F)c1C. The molecule has 21 heteroatoms. The Morgan fingerprint density at radius 3 is 1.84 bits per heavy atom. The van der Waals surface area contributed by atoms with E-state index in [-0.39, 0.29) is 62.9 Å². The number of carbonyl (C=O) groups is 3. The number of likely N-dealkylation sites (tertiary alicyclic amines) is 2. The summed E-state index contributed by atoms with van der Waals surface area (Å²) in [4.78, 5) is 57.2. The molecular formula is C58H67F4N9O5S2Si. The highest BCUT2D eigenvalue weighted by Crippen LogP contribution is 2.41. The maximum atomic E-state index is 15.1. The number of β-amino-alcohol motifs (C(OH)–C–C–N with tert-alkyl or cyclic N) is 1. The van der Waals surface area contributed by atoms with E-state index in [1.54, 1.807) is 56.9 Å². The molecule has 0 atom stereocenters. The fraction of sp³-hybridized carbons (Fsp3) is 0.448. The van der Waals surface area contributed by atoms with Crippen LogP contribution in [0.5, 0.6) is 0 Å². The number of amides is 3. The monoisotopic (exact) mass is 1140 g/mol. The van der Waals surface area contributed by atoms with Crippen LogP contribution in [-0.4, -0.2) is 101 Å². The number of nitrogens with one attached hydrogen (secondary N) is 1. The first-order chi connectivity index (χ1) is 36.9. The Labute approximate surface area is 473 Å². The van der Waals surface area contributed by atoms with Gasteiger partial charge in [0.2, 0.25) is 11.8 Å². The lowest BCUT2D eigenvalue weighted by Crippen LogP contribution is -2.59. The number of aryl methyl sites for hydroxylation is 2. The van der Waals surface area contributed by atoms with Gasteiger partial charge in [0.05, 0.1) is 36.2 Å². The van der Waals surface area contributed by atoms with Crippen LogP contribution in [-0.2, 0) is 31.7 Å². The van der Waals surface area contributed by atoms with Crippen LogP contribution in [0.3, 0.4) is 0 Å². The van der Waals surface area contributed by atoms with Crippen molar-refractivity contribution in [2.75, 3.05) is 41.3 Å². The van der Waals surface area contributed by atoms with Gasteiger partial charge in [-0.1, -0.05) is 45.0 Å². The average Bonchev–Trinajstić information content (AvgIpc) is 3.84. The Balaban J connectivity index is 0.000000240. The van der Waals surface area contributed by atoms with E-state index in [2.05, 4.69) is 76.1 Å². The number of benzene rings is 4. The summed E-state index contributed by atoms with van der Waals surface area (Å²) in [6.07, 6.45) is 2.30. The van der Waals surface area contributed by atoms with E-state index < -0.39 is 49.0 Å². The number of hydrogen-bond donors (Lipinski definition) is 2. The third-order valence-electron chi connectivity index (χ3n) is 14.4. The molecule has 3 saturated heterocycles. The predicted molar refractivity (Wildman–Crippen MR) is 310 cm³/mol. The van der Waals surface area contributed by atoms with Gasteiger partial charge in [-0.25, -0.2) is 33.8 Å². The molecule has 0 aromatic heterocycles. The van der Waals surface area contributed by atoms with Gasteiger partial charge >= 0.3 is 0 Å². The molecule has 0 saturated carbocycles. The van der Waals surface area contributed by atoms with E-state index in [4.69, 9.17) is 36.4 Å². The Morgan fingerprint density at radius 2 is 1.34 bits per heavy atom. The molecule has 4 aromatic rings. The normalized spacial score (nSPS) is 15.3. The molecule has 3 heterocycles. The summed E-state index contributed by atoms with van der Waals surface area (Å²) in [6.45, 7) is 43.9. The zero-order valence-corrected chi connectivity index (χ0v) is 49.1. The molecule has 0 radical (unpaired) electrons. The molecule has 0 bridgehead atoms. The largest absolute Gasteiger partial charge is 0.410 e. The first-order valence-electron chi connectivity index (χ1n) is 25.7. The Morgan fingerprint density at radius 1 is 0.823 bits per heavy atom. The maximum absolute atomic E-state index is 15.1.